The van der Waals surface area contributed by atoms with Crippen molar-refractivity contribution >= 4 is 30.7 Å². The molecule has 1 aliphatic heterocycles. The van der Waals surface area contributed by atoms with Crippen molar-refractivity contribution in [1.29, 1.82) is 0 Å². The number of H-pyrrole nitrogens is 1. The number of likely N-dealkylation sites (tertiary alicyclic amines) is 1. The van der Waals surface area contributed by atoms with E-state index in [2.05, 4.69) is 10.2 Å². The van der Waals surface area contributed by atoms with E-state index in [-0.39, 0.29) is 36.8 Å². The molecule has 3 N–H and O–H groups in total. The summed E-state index contributed by atoms with van der Waals surface area (Å²) in [6.45, 7) is 1.41. The first-order valence-corrected chi connectivity index (χ1v) is 5.79. The second-order valence-electron chi connectivity index (χ2n) is 4.23. The Morgan fingerprint density at radius 2 is 2.28 bits per heavy atom. The van der Waals surface area contributed by atoms with Crippen molar-refractivity contribution in [3.05, 3.63) is 18.0 Å². The van der Waals surface area contributed by atoms with Gasteiger partial charge in [0, 0.05) is 31.0 Å². The maximum atomic E-state index is 12.1. The Balaban J connectivity index is 0.00000144. The van der Waals surface area contributed by atoms with Gasteiger partial charge in [0.15, 0.2) is 0 Å². The second-order valence-corrected chi connectivity index (χ2v) is 4.23. The zero-order valence-electron chi connectivity index (χ0n) is 10.2. The van der Waals surface area contributed by atoms with Gasteiger partial charge in [0.25, 0.3) is 0 Å². The van der Waals surface area contributed by atoms with E-state index >= 15 is 0 Å². The summed E-state index contributed by atoms with van der Waals surface area (Å²) in [5.74, 6) is 0.152. The summed E-state index contributed by atoms with van der Waals surface area (Å²) in [6, 6.07) is 2.06. The van der Waals surface area contributed by atoms with Gasteiger partial charge in [-0.3, -0.25) is 9.89 Å². The molecule has 104 valence electrons. The summed E-state index contributed by atoms with van der Waals surface area (Å²) in [4.78, 5) is 14.0. The Morgan fingerprint density at radius 1 is 1.50 bits per heavy atom. The first kappa shape index (κ1) is 17.2. The van der Waals surface area contributed by atoms with Crippen LogP contribution in [0.3, 0.4) is 0 Å². The third-order valence-electron chi connectivity index (χ3n) is 3.12. The van der Waals surface area contributed by atoms with Crippen LogP contribution >= 0.6 is 24.8 Å². The van der Waals surface area contributed by atoms with Crippen LogP contribution in [-0.2, 0) is 11.2 Å². The van der Waals surface area contributed by atoms with Crippen LogP contribution < -0.4 is 5.73 Å². The number of rotatable bonds is 3. The first-order valence-electron chi connectivity index (χ1n) is 5.79. The second kappa shape index (κ2) is 8.34. The van der Waals surface area contributed by atoms with Crippen LogP contribution in [0, 0.1) is 0 Å². The average Bonchev–Trinajstić information content (AvgIpc) is 2.81. The number of hydrogen-bond donors (Lipinski definition) is 2. The van der Waals surface area contributed by atoms with Crippen LogP contribution in [0.15, 0.2) is 12.3 Å². The van der Waals surface area contributed by atoms with Gasteiger partial charge in [-0.25, -0.2) is 0 Å². The molecule has 0 aromatic carbocycles. The first-order chi connectivity index (χ1) is 7.81. The Labute approximate surface area is 119 Å². The van der Waals surface area contributed by atoms with Crippen molar-refractivity contribution in [1.82, 2.24) is 15.1 Å². The van der Waals surface area contributed by atoms with Gasteiger partial charge in [-0.05, 0) is 25.3 Å². The Kier molecular flexibility index (Phi) is 7.98. The lowest BCUT2D eigenvalue weighted by Gasteiger charge is -2.35. The number of nitrogens with zero attached hydrogens (tertiary/aromatic N) is 2. The fourth-order valence-corrected chi connectivity index (χ4v) is 2.22. The fraction of sp³-hybridized carbons (Fsp3) is 0.636. The number of nitrogens with two attached hydrogens (primary N) is 1. The molecule has 1 aromatic rings. The summed E-state index contributed by atoms with van der Waals surface area (Å²) in [6.07, 6.45) is 5.36. The maximum absolute atomic E-state index is 12.1. The molecule has 18 heavy (non-hydrogen) atoms. The zero-order chi connectivity index (χ0) is 11.4. The monoisotopic (exact) mass is 294 g/mol. The number of aromatic nitrogens is 2. The third kappa shape index (κ3) is 4.15. The number of halogens is 2. The molecule has 5 nitrogen and oxygen atoms in total. The van der Waals surface area contributed by atoms with Crippen LogP contribution in [0.1, 0.15) is 25.0 Å². The van der Waals surface area contributed by atoms with Gasteiger partial charge in [0.05, 0.1) is 6.42 Å². The number of carbonyl (C=O) groups excluding carboxylic acids is 1. The van der Waals surface area contributed by atoms with Gasteiger partial charge in [-0.1, -0.05) is 0 Å². The molecule has 1 saturated heterocycles. The highest BCUT2D eigenvalue weighted by Crippen LogP contribution is 2.17. The molecule has 1 atom stereocenters. The van der Waals surface area contributed by atoms with Gasteiger partial charge in [0.1, 0.15) is 0 Å². The minimum atomic E-state index is 0. The van der Waals surface area contributed by atoms with Crippen LogP contribution in [0.5, 0.6) is 0 Å². The van der Waals surface area contributed by atoms with Gasteiger partial charge >= 0.3 is 0 Å². The molecule has 0 saturated carbocycles. The molecule has 1 unspecified atom stereocenters. The molecule has 1 amide bonds. The molecular weight excluding hydrogens is 275 g/mol. The van der Waals surface area contributed by atoms with E-state index in [0.29, 0.717) is 13.0 Å². The Bertz CT molecular complexity index is 345. The van der Waals surface area contributed by atoms with Gasteiger partial charge in [0.2, 0.25) is 5.91 Å². The Morgan fingerprint density at radius 3 is 2.89 bits per heavy atom. The summed E-state index contributed by atoms with van der Waals surface area (Å²) in [7, 11) is 0. The highest BCUT2D eigenvalue weighted by molar-refractivity contribution is 5.85. The van der Waals surface area contributed by atoms with E-state index in [1.54, 1.807) is 6.20 Å². The molecule has 0 radical (unpaired) electrons. The predicted molar refractivity (Wildman–Crippen MR) is 75.2 cm³/mol. The van der Waals surface area contributed by atoms with E-state index < -0.39 is 0 Å². The molecule has 1 fully saturated rings. The summed E-state index contributed by atoms with van der Waals surface area (Å²) in [5, 5.41) is 6.65. The van der Waals surface area contributed by atoms with Crippen LogP contribution in [0.2, 0.25) is 0 Å². The SMILES string of the molecule is Cl.Cl.NCC1CCCCN1C(=O)Cc1ccn[nH]1. The molecular formula is C11H20Cl2N4O. The molecule has 0 aliphatic carbocycles. The maximum Gasteiger partial charge on any atom is 0.228 e. The fourth-order valence-electron chi connectivity index (χ4n) is 2.22. The van der Waals surface area contributed by atoms with E-state index in [9.17, 15) is 4.79 Å². The molecule has 7 heteroatoms. The quantitative estimate of drug-likeness (QED) is 0.878. The molecule has 2 heterocycles. The number of piperidine rings is 1. The van der Waals surface area contributed by atoms with Crippen molar-refractivity contribution in [3.8, 4) is 0 Å². The molecule has 1 aromatic heterocycles. The van der Waals surface area contributed by atoms with E-state index in [1.165, 1.54) is 6.42 Å². The number of nitrogens with one attached hydrogen (secondary N) is 1. The summed E-state index contributed by atoms with van der Waals surface area (Å²) in [5.41, 5.74) is 6.56. The van der Waals surface area contributed by atoms with Crippen molar-refractivity contribution in [2.24, 2.45) is 5.73 Å². The van der Waals surface area contributed by atoms with E-state index in [1.807, 2.05) is 11.0 Å². The number of hydrogen-bond acceptors (Lipinski definition) is 3. The number of carbonyl (C=O) groups is 1. The Hall–Kier alpha value is -0.780. The van der Waals surface area contributed by atoms with Crippen LogP contribution in [0.4, 0.5) is 0 Å². The molecule has 0 spiro atoms. The number of amides is 1. The van der Waals surface area contributed by atoms with Crippen LogP contribution in [0.25, 0.3) is 0 Å². The zero-order valence-corrected chi connectivity index (χ0v) is 11.8. The minimum absolute atomic E-state index is 0. The lowest BCUT2D eigenvalue weighted by atomic mass is 10.0. The largest absolute Gasteiger partial charge is 0.338 e. The summed E-state index contributed by atoms with van der Waals surface area (Å²) >= 11 is 0. The summed E-state index contributed by atoms with van der Waals surface area (Å²) < 4.78 is 0. The lowest BCUT2D eigenvalue weighted by Crippen LogP contribution is -2.48. The van der Waals surface area contributed by atoms with Crippen molar-refractivity contribution in [2.75, 3.05) is 13.1 Å². The molecule has 0 bridgehead atoms. The van der Waals surface area contributed by atoms with Gasteiger partial charge in [-0.2, -0.15) is 5.10 Å². The lowest BCUT2D eigenvalue weighted by molar-refractivity contribution is -0.133. The van der Waals surface area contributed by atoms with E-state index in [0.717, 1.165) is 25.1 Å². The molecule has 1 aliphatic rings. The van der Waals surface area contributed by atoms with E-state index in [4.69, 9.17) is 5.73 Å². The topological polar surface area (TPSA) is 75.0 Å². The predicted octanol–water partition coefficient (Wildman–Crippen LogP) is 1.14. The minimum Gasteiger partial charge on any atom is -0.338 e. The highest BCUT2D eigenvalue weighted by Gasteiger charge is 2.25. The van der Waals surface area contributed by atoms with Gasteiger partial charge in [-0.15, -0.1) is 24.8 Å². The van der Waals surface area contributed by atoms with Crippen molar-refractivity contribution in [2.45, 2.75) is 31.7 Å². The van der Waals surface area contributed by atoms with Gasteiger partial charge < -0.3 is 10.6 Å². The van der Waals surface area contributed by atoms with Crippen LogP contribution in [-0.4, -0.2) is 40.1 Å². The normalized spacial score (nSPS) is 18.7. The standard InChI is InChI=1S/C11H18N4O.2ClH/c12-8-10-3-1-2-6-15(10)11(16)7-9-4-5-13-14-9;;/h4-5,10H,1-3,6-8,12H2,(H,13,14);2*1H. The highest BCUT2D eigenvalue weighted by atomic mass is 35.5. The average molecular weight is 295 g/mol. The van der Waals surface area contributed by atoms with Crippen molar-refractivity contribution < 1.29 is 4.79 Å². The third-order valence-corrected chi connectivity index (χ3v) is 3.12. The van der Waals surface area contributed by atoms with Crippen molar-refractivity contribution in [3.63, 3.8) is 0 Å². The number of aromatic amines is 1. The molecule has 2 rings (SSSR count). The smallest absolute Gasteiger partial charge is 0.228 e.